The first-order chi connectivity index (χ1) is 13.8. The minimum Gasteiger partial charge on any atom is -0.497 e. The Morgan fingerprint density at radius 2 is 2.17 bits per heavy atom. The van der Waals surface area contributed by atoms with Gasteiger partial charge in [-0.15, -0.1) is 0 Å². The molecule has 0 saturated heterocycles. The third-order valence-electron chi connectivity index (χ3n) is 3.76. The molecular weight excluding hydrogens is 406 g/mol. The molecule has 2 heterocycles. The smallest absolute Gasteiger partial charge is 0.293 e. The Hall–Kier alpha value is -3.87. The number of rotatable bonds is 8. The van der Waals surface area contributed by atoms with Crippen LogP contribution in [0.1, 0.15) is 16.2 Å². The van der Waals surface area contributed by atoms with Gasteiger partial charge in [0.2, 0.25) is 0 Å². The number of hydrogen-bond acceptors (Lipinski definition) is 8. The first kappa shape index (κ1) is 19.9. The quantitative estimate of drug-likeness (QED) is 0.364. The number of aromatic nitrogens is 2. The van der Waals surface area contributed by atoms with E-state index in [4.69, 9.17) is 9.15 Å². The van der Waals surface area contributed by atoms with Gasteiger partial charge < -0.3 is 14.5 Å². The number of carbonyl (C=O) groups excluding carboxylic acids is 1. The molecule has 29 heavy (non-hydrogen) atoms. The molecule has 12 nitrogen and oxygen atoms in total. The van der Waals surface area contributed by atoms with Crippen LogP contribution in [0.4, 0.5) is 11.4 Å². The van der Waals surface area contributed by atoms with E-state index in [0.717, 1.165) is 18.3 Å². The van der Waals surface area contributed by atoms with Crippen molar-refractivity contribution in [2.75, 3.05) is 11.8 Å². The highest BCUT2D eigenvalue weighted by atomic mass is 32.2. The van der Waals surface area contributed by atoms with E-state index in [9.17, 15) is 23.3 Å². The molecule has 0 aliphatic carbocycles. The van der Waals surface area contributed by atoms with Gasteiger partial charge in [-0.2, -0.15) is 5.10 Å². The summed E-state index contributed by atoms with van der Waals surface area (Å²) in [6.07, 6.45) is 2.59. The number of nitrogens with one attached hydrogen (secondary N) is 3. The Morgan fingerprint density at radius 1 is 1.38 bits per heavy atom. The second-order valence-electron chi connectivity index (χ2n) is 5.61. The molecule has 0 spiro atoms. The van der Waals surface area contributed by atoms with Gasteiger partial charge >= 0.3 is 0 Å². The molecular formula is C16H15N5O7S. The molecule has 3 aromatic rings. The van der Waals surface area contributed by atoms with Crippen LogP contribution in [-0.2, 0) is 16.6 Å². The summed E-state index contributed by atoms with van der Waals surface area (Å²) in [5, 5.41) is 19.9. The van der Waals surface area contributed by atoms with Crippen molar-refractivity contribution in [1.82, 2.24) is 15.5 Å². The average molecular weight is 421 g/mol. The summed E-state index contributed by atoms with van der Waals surface area (Å²) in [4.78, 5) is 22.2. The summed E-state index contributed by atoms with van der Waals surface area (Å²) in [6.45, 7) is 0.0643. The fourth-order valence-electron chi connectivity index (χ4n) is 2.40. The Morgan fingerprint density at radius 3 is 2.83 bits per heavy atom. The number of nitrogens with zero attached hydrogens (tertiary/aromatic N) is 2. The number of amides is 1. The normalized spacial score (nSPS) is 11.1. The second kappa shape index (κ2) is 8.02. The van der Waals surface area contributed by atoms with Gasteiger partial charge in [0.05, 0.1) is 36.6 Å². The molecule has 0 bridgehead atoms. The van der Waals surface area contributed by atoms with Crippen molar-refractivity contribution in [2.45, 2.75) is 11.4 Å². The molecule has 0 saturated carbocycles. The Balaban J connectivity index is 1.84. The monoisotopic (exact) mass is 421 g/mol. The van der Waals surface area contributed by atoms with E-state index >= 15 is 0 Å². The Kier molecular flexibility index (Phi) is 5.50. The number of benzene rings is 1. The van der Waals surface area contributed by atoms with Crippen LogP contribution in [0.2, 0.25) is 0 Å². The first-order valence-electron chi connectivity index (χ1n) is 8.01. The molecule has 3 rings (SSSR count). The summed E-state index contributed by atoms with van der Waals surface area (Å²) >= 11 is 0. The third kappa shape index (κ3) is 4.35. The van der Waals surface area contributed by atoms with Crippen LogP contribution in [0.5, 0.6) is 5.75 Å². The highest BCUT2D eigenvalue weighted by Crippen LogP contribution is 2.30. The van der Waals surface area contributed by atoms with E-state index in [0.29, 0.717) is 5.76 Å². The topological polar surface area (TPSA) is 169 Å². The van der Waals surface area contributed by atoms with Crippen LogP contribution in [0, 0.1) is 10.1 Å². The molecule has 0 atom stereocenters. The van der Waals surface area contributed by atoms with Crippen LogP contribution < -0.4 is 14.8 Å². The average Bonchev–Trinajstić information content (AvgIpc) is 3.37. The number of carbonyl (C=O) groups is 1. The number of hydrogen-bond donors (Lipinski definition) is 3. The van der Waals surface area contributed by atoms with E-state index in [2.05, 4.69) is 20.2 Å². The van der Waals surface area contributed by atoms with Gasteiger partial charge in [0.25, 0.3) is 21.6 Å². The number of H-pyrrole nitrogens is 1. The summed E-state index contributed by atoms with van der Waals surface area (Å²) < 4.78 is 37.5. The van der Waals surface area contributed by atoms with Gasteiger partial charge in [-0.05, 0) is 24.3 Å². The van der Waals surface area contributed by atoms with Crippen LogP contribution in [0.15, 0.2) is 52.1 Å². The van der Waals surface area contributed by atoms with Crippen molar-refractivity contribution in [3.8, 4) is 5.75 Å². The van der Waals surface area contributed by atoms with Crippen molar-refractivity contribution in [1.29, 1.82) is 0 Å². The Labute approximate surface area is 164 Å². The lowest BCUT2D eigenvalue weighted by molar-refractivity contribution is -0.387. The van der Waals surface area contributed by atoms with Crippen LogP contribution >= 0.6 is 0 Å². The summed E-state index contributed by atoms with van der Waals surface area (Å²) in [5.74, 6) is -0.0635. The van der Waals surface area contributed by atoms with Gasteiger partial charge in [-0.25, -0.2) is 8.42 Å². The minimum atomic E-state index is -4.40. The highest BCUT2D eigenvalue weighted by molar-refractivity contribution is 7.92. The molecule has 1 amide bonds. The third-order valence-corrected chi connectivity index (χ3v) is 5.17. The van der Waals surface area contributed by atoms with E-state index in [1.807, 2.05) is 0 Å². The maximum Gasteiger partial charge on any atom is 0.293 e. The molecule has 13 heteroatoms. The fourth-order valence-corrected chi connectivity index (χ4v) is 3.61. The molecule has 0 aliphatic rings. The van der Waals surface area contributed by atoms with Crippen molar-refractivity contribution in [3.05, 3.63) is 64.4 Å². The van der Waals surface area contributed by atoms with E-state index in [-0.39, 0.29) is 23.7 Å². The maximum absolute atomic E-state index is 12.7. The van der Waals surface area contributed by atoms with E-state index in [1.54, 1.807) is 12.1 Å². The van der Waals surface area contributed by atoms with Gasteiger partial charge in [-0.3, -0.25) is 24.7 Å². The summed E-state index contributed by atoms with van der Waals surface area (Å²) in [6, 6.07) is 6.60. The number of anilines is 1. The lowest BCUT2D eigenvalue weighted by atomic mass is 10.3. The Bertz CT molecular complexity index is 1140. The van der Waals surface area contributed by atoms with E-state index in [1.165, 1.54) is 19.4 Å². The molecule has 0 radical (unpaired) electrons. The zero-order chi connectivity index (χ0) is 21.0. The molecule has 0 fully saturated rings. The minimum absolute atomic E-state index is 0.0643. The lowest BCUT2D eigenvalue weighted by Crippen LogP contribution is -2.25. The highest BCUT2D eigenvalue weighted by Gasteiger charge is 2.28. The van der Waals surface area contributed by atoms with Gasteiger partial charge in [0, 0.05) is 6.20 Å². The second-order valence-corrected chi connectivity index (χ2v) is 7.26. The summed E-state index contributed by atoms with van der Waals surface area (Å²) in [5.41, 5.74) is -1.09. The standard InChI is InChI=1S/C16H15N5O7S/c1-27-10-4-5-14(13(7-10)21(23)24)29(25,26)20-12-9-18-19-15(12)16(22)17-8-11-3-2-6-28-11/h2-7,9,20H,8H2,1H3,(H,17,22)(H,18,19). The first-order valence-corrected chi connectivity index (χ1v) is 9.49. The molecule has 0 unspecified atom stereocenters. The largest absolute Gasteiger partial charge is 0.497 e. The zero-order valence-electron chi connectivity index (χ0n) is 14.9. The van der Waals surface area contributed by atoms with Crippen LogP contribution in [-0.4, -0.2) is 36.6 Å². The van der Waals surface area contributed by atoms with Crippen molar-refractivity contribution < 1.29 is 27.3 Å². The fraction of sp³-hybridized carbons (Fsp3) is 0.125. The molecule has 152 valence electrons. The zero-order valence-corrected chi connectivity index (χ0v) is 15.7. The van der Waals surface area contributed by atoms with Gasteiger partial charge in [0.1, 0.15) is 11.5 Å². The van der Waals surface area contributed by atoms with Crippen LogP contribution in [0.25, 0.3) is 0 Å². The molecule has 1 aromatic carbocycles. The van der Waals surface area contributed by atoms with Crippen molar-refractivity contribution in [2.24, 2.45) is 0 Å². The van der Waals surface area contributed by atoms with E-state index < -0.39 is 31.4 Å². The summed E-state index contributed by atoms with van der Waals surface area (Å²) in [7, 11) is -3.11. The predicted molar refractivity (Wildman–Crippen MR) is 98.9 cm³/mol. The number of methoxy groups -OCH3 is 1. The van der Waals surface area contributed by atoms with Crippen molar-refractivity contribution >= 4 is 27.3 Å². The number of ether oxygens (including phenoxy) is 1. The maximum atomic E-state index is 12.7. The number of aromatic amines is 1. The number of nitro groups is 1. The molecule has 0 aliphatic heterocycles. The molecule has 3 N–H and O–H groups in total. The number of furan rings is 1. The number of nitro benzene ring substituents is 1. The predicted octanol–water partition coefficient (Wildman–Crippen LogP) is 1.65. The van der Waals surface area contributed by atoms with Crippen LogP contribution in [0.3, 0.4) is 0 Å². The molecule has 2 aromatic heterocycles. The van der Waals surface area contributed by atoms with Crippen molar-refractivity contribution in [3.63, 3.8) is 0 Å². The van der Waals surface area contributed by atoms with Gasteiger partial charge in [0.15, 0.2) is 10.6 Å². The van der Waals surface area contributed by atoms with Gasteiger partial charge in [-0.1, -0.05) is 0 Å². The number of sulfonamides is 1. The lowest BCUT2D eigenvalue weighted by Gasteiger charge is -2.09. The SMILES string of the molecule is COc1ccc(S(=O)(=O)Nc2c[nH]nc2C(=O)NCc2ccco2)c([N+](=O)[O-])c1.